The van der Waals surface area contributed by atoms with Gasteiger partial charge < -0.3 is 4.74 Å². The van der Waals surface area contributed by atoms with Crippen LogP contribution in [-0.4, -0.2) is 33.3 Å². The number of carbonyl (C=O) groups is 1. The largest absolute Gasteiger partial charge is 0.497 e. The van der Waals surface area contributed by atoms with Crippen LogP contribution >= 0.6 is 11.6 Å². The maximum Gasteiger partial charge on any atom is 0.433 e. The molecule has 0 atom stereocenters. The summed E-state index contributed by atoms with van der Waals surface area (Å²) in [5, 5.41) is 5.92. The number of alkyl halides is 3. The van der Waals surface area contributed by atoms with E-state index in [1.807, 2.05) is 0 Å². The SMILES string of the molecule is COc1ccc(-c2c(NN(C=O)Cc3ccc(C(F)(F)F)nc3)nn(C)c(=O)c2-c2ccc(Cl)cc2)cc1. The average molecular weight is 544 g/mol. The molecule has 2 aromatic heterocycles. The highest BCUT2D eigenvalue weighted by atomic mass is 35.5. The first-order valence-electron chi connectivity index (χ1n) is 11.1. The Morgan fingerprint density at radius 1 is 1.03 bits per heavy atom. The fourth-order valence-electron chi connectivity index (χ4n) is 3.76. The molecule has 0 spiro atoms. The third-order valence-electron chi connectivity index (χ3n) is 5.60. The number of aromatic nitrogens is 3. The van der Waals surface area contributed by atoms with Crippen molar-refractivity contribution in [3.63, 3.8) is 0 Å². The first-order chi connectivity index (χ1) is 18.1. The second-order valence-corrected chi connectivity index (χ2v) is 8.59. The third kappa shape index (κ3) is 5.78. The van der Waals surface area contributed by atoms with Crippen LogP contribution in [0, 0.1) is 0 Å². The van der Waals surface area contributed by atoms with Crippen LogP contribution in [0.25, 0.3) is 22.3 Å². The van der Waals surface area contributed by atoms with Gasteiger partial charge in [-0.25, -0.2) is 4.68 Å². The van der Waals surface area contributed by atoms with E-state index in [9.17, 15) is 22.8 Å². The Bertz CT molecular complexity index is 1490. The van der Waals surface area contributed by atoms with Crippen molar-refractivity contribution in [2.24, 2.45) is 7.05 Å². The van der Waals surface area contributed by atoms with E-state index in [-0.39, 0.29) is 12.4 Å². The van der Waals surface area contributed by atoms with Crippen molar-refractivity contribution in [2.45, 2.75) is 12.7 Å². The summed E-state index contributed by atoms with van der Waals surface area (Å²) in [7, 11) is 2.99. The van der Waals surface area contributed by atoms with Gasteiger partial charge in [0.05, 0.1) is 19.2 Å². The third-order valence-corrected chi connectivity index (χ3v) is 5.85. The molecule has 0 bridgehead atoms. The molecule has 8 nitrogen and oxygen atoms in total. The molecule has 0 unspecified atom stereocenters. The van der Waals surface area contributed by atoms with Gasteiger partial charge in [-0.15, -0.1) is 0 Å². The number of benzene rings is 2. The van der Waals surface area contributed by atoms with E-state index < -0.39 is 17.4 Å². The number of ether oxygens (including phenoxy) is 1. The molecule has 1 amide bonds. The second-order valence-electron chi connectivity index (χ2n) is 8.16. The summed E-state index contributed by atoms with van der Waals surface area (Å²) in [4.78, 5) is 28.7. The molecule has 0 aliphatic carbocycles. The Kier molecular flexibility index (Phi) is 7.67. The number of halogens is 4. The summed E-state index contributed by atoms with van der Waals surface area (Å²) >= 11 is 6.06. The topological polar surface area (TPSA) is 89.3 Å². The van der Waals surface area contributed by atoms with Gasteiger partial charge in [-0.1, -0.05) is 41.9 Å². The molecule has 4 rings (SSSR count). The number of aryl methyl sites for hydroxylation is 1. The highest BCUT2D eigenvalue weighted by molar-refractivity contribution is 6.30. The monoisotopic (exact) mass is 543 g/mol. The van der Waals surface area contributed by atoms with Crippen LogP contribution in [0.5, 0.6) is 5.75 Å². The fourth-order valence-corrected chi connectivity index (χ4v) is 3.88. The van der Waals surface area contributed by atoms with Crippen LogP contribution in [0.15, 0.2) is 71.7 Å². The molecular weight excluding hydrogens is 523 g/mol. The smallest absolute Gasteiger partial charge is 0.433 e. The maximum atomic E-state index is 13.3. The zero-order valence-corrected chi connectivity index (χ0v) is 20.9. The number of anilines is 1. The average Bonchev–Trinajstić information content (AvgIpc) is 2.90. The number of hydrogen-bond acceptors (Lipinski definition) is 6. The van der Waals surface area contributed by atoms with E-state index in [4.69, 9.17) is 16.3 Å². The first kappa shape index (κ1) is 26.7. The van der Waals surface area contributed by atoms with Crippen LogP contribution in [0.2, 0.25) is 5.02 Å². The Hall–Kier alpha value is -4.38. The van der Waals surface area contributed by atoms with Gasteiger partial charge in [0.1, 0.15) is 11.4 Å². The Labute approximate surface area is 220 Å². The molecule has 4 aromatic rings. The lowest BCUT2D eigenvalue weighted by molar-refractivity contribution is -0.141. The van der Waals surface area contributed by atoms with Gasteiger partial charge in [0.15, 0.2) is 5.82 Å². The maximum absolute atomic E-state index is 13.3. The van der Waals surface area contributed by atoms with E-state index in [0.29, 0.717) is 45.0 Å². The van der Waals surface area contributed by atoms with E-state index in [1.54, 1.807) is 48.5 Å². The predicted molar refractivity (Wildman–Crippen MR) is 136 cm³/mol. The highest BCUT2D eigenvalue weighted by Gasteiger charge is 2.32. The van der Waals surface area contributed by atoms with Gasteiger partial charge in [0.25, 0.3) is 5.56 Å². The minimum Gasteiger partial charge on any atom is -0.497 e. The molecule has 2 aromatic carbocycles. The Morgan fingerprint density at radius 2 is 1.66 bits per heavy atom. The molecular formula is C26H21ClF3N5O3. The summed E-state index contributed by atoms with van der Waals surface area (Å²) in [6, 6.07) is 15.7. The molecule has 0 radical (unpaired) electrons. The van der Waals surface area contributed by atoms with Crippen LogP contribution in [0.1, 0.15) is 11.3 Å². The van der Waals surface area contributed by atoms with Gasteiger partial charge >= 0.3 is 6.18 Å². The van der Waals surface area contributed by atoms with Crippen molar-refractivity contribution in [1.82, 2.24) is 19.8 Å². The molecule has 0 saturated heterocycles. The van der Waals surface area contributed by atoms with Gasteiger partial charge in [-0.3, -0.25) is 25.0 Å². The summed E-state index contributed by atoms with van der Waals surface area (Å²) in [5.41, 5.74) is 3.66. The lowest BCUT2D eigenvalue weighted by atomic mass is 9.96. The van der Waals surface area contributed by atoms with E-state index in [2.05, 4.69) is 15.5 Å². The number of nitrogens with zero attached hydrogens (tertiary/aromatic N) is 4. The van der Waals surface area contributed by atoms with Gasteiger partial charge in [0.2, 0.25) is 6.41 Å². The zero-order chi connectivity index (χ0) is 27.4. The molecule has 196 valence electrons. The quantitative estimate of drug-likeness (QED) is 0.243. The Morgan fingerprint density at radius 3 is 2.21 bits per heavy atom. The van der Waals surface area contributed by atoms with Crippen molar-refractivity contribution >= 4 is 23.8 Å². The van der Waals surface area contributed by atoms with Crippen LogP contribution in [-0.2, 0) is 24.6 Å². The van der Waals surface area contributed by atoms with Crippen LogP contribution in [0.3, 0.4) is 0 Å². The molecule has 0 aliphatic heterocycles. The van der Waals surface area contributed by atoms with Crippen molar-refractivity contribution in [2.75, 3.05) is 12.5 Å². The van der Waals surface area contributed by atoms with Gasteiger partial charge in [0, 0.05) is 23.8 Å². The Balaban J connectivity index is 1.80. The second kappa shape index (κ2) is 10.9. The number of hydrazine groups is 1. The van der Waals surface area contributed by atoms with Crippen molar-refractivity contribution in [3.8, 4) is 28.0 Å². The van der Waals surface area contributed by atoms with Crippen molar-refractivity contribution in [3.05, 3.63) is 93.5 Å². The number of pyridine rings is 1. The number of carbonyl (C=O) groups excluding carboxylic acids is 1. The van der Waals surface area contributed by atoms with Gasteiger partial charge in [-0.2, -0.15) is 18.3 Å². The number of methoxy groups -OCH3 is 1. The molecule has 0 fully saturated rings. The van der Waals surface area contributed by atoms with Crippen LogP contribution in [0.4, 0.5) is 19.0 Å². The summed E-state index contributed by atoms with van der Waals surface area (Å²) in [5.74, 6) is 0.756. The fraction of sp³-hybridized carbons (Fsp3) is 0.154. The lowest BCUT2D eigenvalue weighted by Gasteiger charge is -2.23. The summed E-state index contributed by atoms with van der Waals surface area (Å²) < 4.78 is 45.0. The highest BCUT2D eigenvalue weighted by Crippen LogP contribution is 2.36. The van der Waals surface area contributed by atoms with E-state index in [1.165, 1.54) is 20.2 Å². The van der Waals surface area contributed by atoms with Crippen molar-refractivity contribution in [1.29, 1.82) is 0 Å². The number of hydrogen-bond donors (Lipinski definition) is 1. The molecule has 12 heteroatoms. The van der Waals surface area contributed by atoms with E-state index >= 15 is 0 Å². The van der Waals surface area contributed by atoms with Gasteiger partial charge in [-0.05, 0) is 47.0 Å². The number of nitrogens with one attached hydrogen (secondary N) is 1. The normalized spacial score (nSPS) is 11.2. The van der Waals surface area contributed by atoms with Crippen molar-refractivity contribution < 1.29 is 22.7 Å². The first-order valence-corrected chi connectivity index (χ1v) is 11.5. The standard InChI is InChI=1S/C26H21ClF3N5O3/c1-34-25(37)23(18-4-8-19(27)9-5-18)22(17-6-10-20(38-2)11-7-17)24(32-34)33-35(15-36)14-16-3-12-21(31-13-16)26(28,29)30/h3-13,15H,14H2,1-2H3,(H,32,33). The molecule has 0 saturated carbocycles. The van der Waals surface area contributed by atoms with E-state index in [0.717, 1.165) is 22.0 Å². The molecule has 2 heterocycles. The molecule has 38 heavy (non-hydrogen) atoms. The summed E-state index contributed by atoms with van der Waals surface area (Å²) in [6.45, 7) is -0.127. The predicted octanol–water partition coefficient (Wildman–Crippen LogP) is 5.18. The minimum absolute atomic E-state index is 0.127. The van der Waals surface area contributed by atoms with Crippen LogP contribution < -0.4 is 15.7 Å². The number of rotatable bonds is 8. The lowest BCUT2D eigenvalue weighted by Crippen LogP contribution is -2.32. The number of amides is 1. The summed E-state index contributed by atoms with van der Waals surface area (Å²) in [6.07, 6.45) is -3.08. The minimum atomic E-state index is -4.58. The molecule has 0 aliphatic rings. The molecule has 1 N–H and O–H groups in total. The zero-order valence-electron chi connectivity index (χ0n) is 20.2.